The second-order valence-electron chi connectivity index (χ2n) is 4.79. The lowest BCUT2D eigenvalue weighted by molar-refractivity contribution is 0.195. The lowest BCUT2D eigenvalue weighted by atomic mass is 10.1. The molecule has 0 unspecified atom stereocenters. The number of aliphatic hydroxyl groups is 1. The molecule has 0 spiro atoms. The molecule has 21 heavy (non-hydrogen) atoms. The molecule has 0 radical (unpaired) electrons. The lowest BCUT2D eigenvalue weighted by Gasteiger charge is -2.25. The van der Waals surface area contributed by atoms with Gasteiger partial charge in [0.25, 0.3) is 0 Å². The van der Waals surface area contributed by atoms with Gasteiger partial charge < -0.3 is 14.7 Å². The molecule has 108 valence electrons. The molecule has 4 heteroatoms. The van der Waals surface area contributed by atoms with Crippen LogP contribution in [0.15, 0.2) is 42.5 Å². The highest BCUT2D eigenvalue weighted by atomic mass is 16.5. The standard InChI is InChI=1S/C17H18N2O2/c1-12(20)17-15(5-4-6-16(17)21-3)19(2)14-9-7-13(11-18)8-10-14/h4-10,12,20H,1-3H3/t12-/m1/s1. The van der Waals surface area contributed by atoms with Crippen LogP contribution in [0.25, 0.3) is 0 Å². The highest BCUT2D eigenvalue weighted by molar-refractivity contribution is 5.69. The van der Waals surface area contributed by atoms with Crippen molar-refractivity contribution >= 4 is 11.4 Å². The Hall–Kier alpha value is -2.51. The summed E-state index contributed by atoms with van der Waals surface area (Å²) in [5.41, 5.74) is 3.17. The van der Waals surface area contributed by atoms with Gasteiger partial charge in [-0.25, -0.2) is 0 Å². The van der Waals surface area contributed by atoms with Crippen LogP contribution in [-0.2, 0) is 0 Å². The Morgan fingerprint density at radius 2 is 1.86 bits per heavy atom. The lowest BCUT2D eigenvalue weighted by Crippen LogP contribution is -2.13. The number of hydrogen-bond acceptors (Lipinski definition) is 4. The molecule has 0 bridgehead atoms. The van der Waals surface area contributed by atoms with Crippen LogP contribution >= 0.6 is 0 Å². The van der Waals surface area contributed by atoms with Crippen molar-refractivity contribution in [2.75, 3.05) is 19.1 Å². The molecular formula is C17H18N2O2. The quantitative estimate of drug-likeness (QED) is 0.934. The summed E-state index contributed by atoms with van der Waals surface area (Å²) < 4.78 is 5.34. The van der Waals surface area contributed by atoms with Crippen molar-refractivity contribution in [3.8, 4) is 11.8 Å². The Morgan fingerprint density at radius 1 is 1.19 bits per heavy atom. The van der Waals surface area contributed by atoms with Gasteiger partial charge in [0.15, 0.2) is 0 Å². The normalized spacial score (nSPS) is 11.6. The number of hydrogen-bond donors (Lipinski definition) is 1. The number of methoxy groups -OCH3 is 1. The first-order valence-electron chi connectivity index (χ1n) is 6.67. The Balaban J connectivity index is 2.47. The van der Waals surface area contributed by atoms with Gasteiger partial charge in [-0.1, -0.05) is 6.07 Å². The first-order chi connectivity index (χ1) is 10.1. The second kappa shape index (κ2) is 6.29. The van der Waals surface area contributed by atoms with Crippen LogP contribution in [0.2, 0.25) is 0 Å². The second-order valence-corrected chi connectivity index (χ2v) is 4.79. The summed E-state index contributed by atoms with van der Waals surface area (Å²) in [5.74, 6) is 0.656. The fourth-order valence-corrected chi connectivity index (χ4v) is 2.32. The van der Waals surface area contributed by atoms with Crippen LogP contribution in [0.4, 0.5) is 11.4 Å². The summed E-state index contributed by atoms with van der Waals surface area (Å²) in [6.45, 7) is 1.72. The van der Waals surface area contributed by atoms with E-state index in [0.29, 0.717) is 11.3 Å². The van der Waals surface area contributed by atoms with Gasteiger partial charge >= 0.3 is 0 Å². The summed E-state index contributed by atoms with van der Waals surface area (Å²) in [4.78, 5) is 1.96. The van der Waals surface area contributed by atoms with Gasteiger partial charge in [0.2, 0.25) is 0 Å². The predicted octanol–water partition coefficient (Wildman–Crippen LogP) is 3.39. The summed E-state index contributed by atoms with van der Waals surface area (Å²) in [5, 5.41) is 18.9. The zero-order valence-corrected chi connectivity index (χ0v) is 12.4. The van der Waals surface area contributed by atoms with Crippen molar-refractivity contribution in [1.29, 1.82) is 5.26 Å². The Bertz CT molecular complexity index is 657. The van der Waals surface area contributed by atoms with Crippen molar-refractivity contribution in [2.45, 2.75) is 13.0 Å². The number of anilines is 2. The Morgan fingerprint density at radius 3 is 2.38 bits per heavy atom. The van der Waals surface area contributed by atoms with Gasteiger partial charge in [0.1, 0.15) is 5.75 Å². The molecule has 0 aliphatic rings. The number of nitriles is 1. The SMILES string of the molecule is COc1cccc(N(C)c2ccc(C#N)cc2)c1[C@@H](C)O. The van der Waals surface area contributed by atoms with E-state index in [1.54, 1.807) is 26.2 Å². The molecule has 2 rings (SSSR count). The molecule has 0 saturated heterocycles. The molecule has 0 aliphatic heterocycles. The fraction of sp³-hybridized carbons (Fsp3) is 0.235. The minimum atomic E-state index is -0.642. The number of rotatable bonds is 4. The van der Waals surface area contributed by atoms with E-state index in [2.05, 4.69) is 6.07 Å². The molecule has 0 amide bonds. The van der Waals surface area contributed by atoms with E-state index < -0.39 is 6.10 Å². The van der Waals surface area contributed by atoms with Gasteiger partial charge in [-0.2, -0.15) is 5.26 Å². The number of aliphatic hydroxyl groups excluding tert-OH is 1. The number of nitrogens with zero attached hydrogens (tertiary/aromatic N) is 2. The summed E-state index contributed by atoms with van der Waals surface area (Å²) >= 11 is 0. The van der Waals surface area contributed by atoms with Crippen LogP contribution in [0.3, 0.4) is 0 Å². The molecule has 4 nitrogen and oxygen atoms in total. The van der Waals surface area contributed by atoms with Crippen LogP contribution in [0, 0.1) is 11.3 Å². The first-order valence-corrected chi connectivity index (χ1v) is 6.67. The maximum Gasteiger partial charge on any atom is 0.126 e. The topological polar surface area (TPSA) is 56.5 Å². The molecule has 1 atom stereocenters. The number of ether oxygens (including phenoxy) is 1. The Kier molecular flexibility index (Phi) is 4.46. The van der Waals surface area contributed by atoms with Gasteiger partial charge in [-0.05, 0) is 43.3 Å². The first kappa shape index (κ1) is 14.9. The van der Waals surface area contributed by atoms with Crippen LogP contribution < -0.4 is 9.64 Å². The Labute approximate surface area is 124 Å². The van der Waals surface area contributed by atoms with Crippen molar-refractivity contribution in [1.82, 2.24) is 0 Å². The van der Waals surface area contributed by atoms with E-state index >= 15 is 0 Å². The van der Waals surface area contributed by atoms with E-state index in [-0.39, 0.29) is 0 Å². The van der Waals surface area contributed by atoms with E-state index in [4.69, 9.17) is 10.00 Å². The third kappa shape index (κ3) is 2.99. The molecule has 0 aromatic heterocycles. The van der Waals surface area contributed by atoms with E-state index in [1.165, 1.54) is 0 Å². The maximum atomic E-state index is 10.0. The molecule has 2 aromatic rings. The van der Waals surface area contributed by atoms with E-state index in [0.717, 1.165) is 16.9 Å². The van der Waals surface area contributed by atoms with Gasteiger partial charge in [0.05, 0.1) is 30.5 Å². The van der Waals surface area contributed by atoms with Crippen molar-refractivity contribution in [3.63, 3.8) is 0 Å². The van der Waals surface area contributed by atoms with Crippen molar-refractivity contribution in [2.24, 2.45) is 0 Å². The average Bonchev–Trinajstić information content (AvgIpc) is 2.53. The average molecular weight is 282 g/mol. The fourth-order valence-electron chi connectivity index (χ4n) is 2.32. The molecule has 0 heterocycles. The molecule has 0 aliphatic carbocycles. The van der Waals surface area contributed by atoms with Crippen molar-refractivity contribution < 1.29 is 9.84 Å². The van der Waals surface area contributed by atoms with E-state index in [1.807, 2.05) is 42.3 Å². The highest BCUT2D eigenvalue weighted by Gasteiger charge is 2.17. The monoisotopic (exact) mass is 282 g/mol. The zero-order chi connectivity index (χ0) is 15.4. The van der Waals surface area contributed by atoms with Crippen LogP contribution in [0.5, 0.6) is 5.75 Å². The van der Waals surface area contributed by atoms with Gasteiger partial charge in [-0.3, -0.25) is 0 Å². The van der Waals surface area contributed by atoms with Crippen molar-refractivity contribution in [3.05, 3.63) is 53.6 Å². The zero-order valence-electron chi connectivity index (χ0n) is 12.4. The maximum absolute atomic E-state index is 10.0. The smallest absolute Gasteiger partial charge is 0.126 e. The van der Waals surface area contributed by atoms with Gasteiger partial charge in [-0.15, -0.1) is 0 Å². The minimum absolute atomic E-state index is 0.619. The predicted molar refractivity (Wildman–Crippen MR) is 82.8 cm³/mol. The largest absolute Gasteiger partial charge is 0.496 e. The molecule has 0 saturated carbocycles. The van der Waals surface area contributed by atoms with Crippen LogP contribution in [0.1, 0.15) is 24.2 Å². The van der Waals surface area contributed by atoms with E-state index in [9.17, 15) is 5.11 Å². The molecule has 1 N–H and O–H groups in total. The van der Waals surface area contributed by atoms with Gasteiger partial charge in [0, 0.05) is 18.3 Å². The highest BCUT2D eigenvalue weighted by Crippen LogP contribution is 2.36. The minimum Gasteiger partial charge on any atom is -0.496 e. The molecule has 2 aromatic carbocycles. The number of benzene rings is 2. The summed E-state index contributed by atoms with van der Waals surface area (Å²) in [6, 6.07) is 15.1. The van der Waals surface area contributed by atoms with Crippen LogP contribution in [-0.4, -0.2) is 19.3 Å². The summed E-state index contributed by atoms with van der Waals surface area (Å²) in [6.07, 6.45) is -0.642. The molecule has 0 fully saturated rings. The summed E-state index contributed by atoms with van der Waals surface area (Å²) in [7, 11) is 3.51. The third-order valence-electron chi connectivity index (χ3n) is 3.43. The third-order valence-corrected chi connectivity index (χ3v) is 3.43. The molecular weight excluding hydrogens is 264 g/mol.